The van der Waals surface area contributed by atoms with E-state index in [1.54, 1.807) is 0 Å². The fourth-order valence-corrected chi connectivity index (χ4v) is 3.40. The first-order valence-electron chi connectivity index (χ1n) is 7.92. The Labute approximate surface area is 116 Å². The Bertz CT molecular complexity index is 332. The number of ether oxygens (including phenoxy) is 1. The molecule has 0 aromatic heterocycles. The Morgan fingerprint density at radius 1 is 1.42 bits per heavy atom. The van der Waals surface area contributed by atoms with Crippen molar-refractivity contribution in [1.29, 1.82) is 0 Å². The molecule has 1 saturated carbocycles. The van der Waals surface area contributed by atoms with Crippen LogP contribution in [0.2, 0.25) is 0 Å². The summed E-state index contributed by atoms with van der Waals surface area (Å²) in [6.07, 6.45) is 6.65. The van der Waals surface area contributed by atoms with Gasteiger partial charge >= 0.3 is 0 Å². The monoisotopic (exact) mass is 265 g/mol. The van der Waals surface area contributed by atoms with Crippen LogP contribution in [0.4, 0.5) is 0 Å². The van der Waals surface area contributed by atoms with Crippen molar-refractivity contribution >= 4 is 5.96 Å². The van der Waals surface area contributed by atoms with E-state index in [0.717, 1.165) is 51.3 Å². The average molecular weight is 265 g/mol. The van der Waals surface area contributed by atoms with Gasteiger partial charge in [0.15, 0.2) is 5.96 Å². The number of likely N-dealkylation sites (tertiary alicyclic amines) is 1. The second-order valence-corrected chi connectivity index (χ2v) is 6.47. The van der Waals surface area contributed by atoms with E-state index in [4.69, 9.17) is 9.73 Å². The van der Waals surface area contributed by atoms with Gasteiger partial charge in [-0.05, 0) is 38.5 Å². The average Bonchev–Trinajstić information content (AvgIpc) is 2.97. The largest absolute Gasteiger partial charge is 0.381 e. The van der Waals surface area contributed by atoms with Gasteiger partial charge in [-0.1, -0.05) is 6.42 Å². The maximum atomic E-state index is 5.61. The van der Waals surface area contributed by atoms with Crippen molar-refractivity contribution in [2.45, 2.75) is 39.0 Å². The number of nitrogens with zero attached hydrogens (tertiary/aromatic N) is 2. The van der Waals surface area contributed by atoms with Gasteiger partial charge in [0.25, 0.3) is 0 Å². The quantitative estimate of drug-likeness (QED) is 0.625. The number of hydrogen-bond donors (Lipinski definition) is 1. The van der Waals surface area contributed by atoms with Gasteiger partial charge < -0.3 is 15.0 Å². The van der Waals surface area contributed by atoms with Crippen molar-refractivity contribution in [2.24, 2.45) is 16.3 Å². The van der Waals surface area contributed by atoms with E-state index in [1.807, 2.05) is 0 Å². The van der Waals surface area contributed by atoms with Crippen LogP contribution in [0.15, 0.2) is 4.99 Å². The number of guanidine groups is 1. The lowest BCUT2D eigenvalue weighted by molar-refractivity contribution is 0.156. The Kier molecular flexibility index (Phi) is 3.96. The van der Waals surface area contributed by atoms with Crippen molar-refractivity contribution in [3.8, 4) is 0 Å². The Morgan fingerprint density at radius 2 is 2.32 bits per heavy atom. The molecule has 0 aromatic carbocycles. The van der Waals surface area contributed by atoms with E-state index < -0.39 is 0 Å². The normalized spacial score (nSPS) is 32.1. The summed E-state index contributed by atoms with van der Waals surface area (Å²) >= 11 is 0. The number of nitrogens with one attached hydrogen (secondary N) is 1. The van der Waals surface area contributed by atoms with E-state index >= 15 is 0 Å². The topological polar surface area (TPSA) is 36.9 Å². The molecule has 0 radical (unpaired) electrons. The molecule has 0 amide bonds. The van der Waals surface area contributed by atoms with Crippen molar-refractivity contribution in [3.63, 3.8) is 0 Å². The highest BCUT2D eigenvalue weighted by Crippen LogP contribution is 2.38. The van der Waals surface area contributed by atoms with Crippen molar-refractivity contribution < 1.29 is 4.74 Å². The molecule has 0 bridgehead atoms. The molecule has 1 aliphatic carbocycles. The van der Waals surface area contributed by atoms with Crippen LogP contribution in [0, 0.1) is 11.3 Å². The van der Waals surface area contributed by atoms with Gasteiger partial charge in [-0.3, -0.25) is 4.99 Å². The Morgan fingerprint density at radius 3 is 2.95 bits per heavy atom. The van der Waals surface area contributed by atoms with E-state index in [9.17, 15) is 0 Å². The SMILES string of the molecule is CCNC(=NCC1CCC1)N1CCC2(CCOC2)C1. The summed E-state index contributed by atoms with van der Waals surface area (Å²) in [7, 11) is 0. The summed E-state index contributed by atoms with van der Waals surface area (Å²) in [6.45, 7) is 8.30. The second-order valence-electron chi connectivity index (χ2n) is 6.47. The van der Waals surface area contributed by atoms with Crippen molar-refractivity contribution in [2.75, 3.05) is 39.4 Å². The van der Waals surface area contributed by atoms with Crippen LogP contribution in [0.25, 0.3) is 0 Å². The van der Waals surface area contributed by atoms with E-state index in [2.05, 4.69) is 17.1 Å². The third-order valence-electron chi connectivity index (χ3n) is 4.98. The van der Waals surface area contributed by atoms with Crippen LogP contribution in [0.3, 0.4) is 0 Å². The molecule has 1 atom stereocenters. The molecule has 1 spiro atoms. The van der Waals surface area contributed by atoms with Crippen molar-refractivity contribution in [1.82, 2.24) is 10.2 Å². The van der Waals surface area contributed by atoms with E-state index in [-0.39, 0.29) is 0 Å². The fourth-order valence-electron chi connectivity index (χ4n) is 3.40. The third-order valence-corrected chi connectivity index (χ3v) is 4.98. The number of rotatable bonds is 3. The second kappa shape index (κ2) is 5.70. The maximum absolute atomic E-state index is 5.61. The molecule has 0 aromatic rings. The summed E-state index contributed by atoms with van der Waals surface area (Å²) < 4.78 is 5.61. The predicted octanol–water partition coefficient (Wildman–Crippen LogP) is 1.86. The van der Waals surface area contributed by atoms with Gasteiger partial charge in [-0.25, -0.2) is 0 Å². The van der Waals surface area contributed by atoms with Crippen LogP contribution < -0.4 is 5.32 Å². The van der Waals surface area contributed by atoms with Crippen LogP contribution in [0.5, 0.6) is 0 Å². The molecular weight excluding hydrogens is 238 g/mol. The lowest BCUT2D eigenvalue weighted by atomic mass is 9.86. The molecule has 1 N–H and O–H groups in total. The van der Waals surface area contributed by atoms with Crippen LogP contribution in [-0.2, 0) is 4.74 Å². The molecule has 2 aliphatic heterocycles. The highest BCUT2D eigenvalue weighted by atomic mass is 16.5. The maximum Gasteiger partial charge on any atom is 0.193 e. The molecule has 19 heavy (non-hydrogen) atoms. The highest BCUT2D eigenvalue weighted by Gasteiger charge is 2.42. The predicted molar refractivity (Wildman–Crippen MR) is 77.4 cm³/mol. The zero-order valence-corrected chi connectivity index (χ0v) is 12.2. The zero-order chi connectivity index (χ0) is 13.1. The summed E-state index contributed by atoms with van der Waals surface area (Å²) in [4.78, 5) is 7.32. The van der Waals surface area contributed by atoms with Gasteiger partial charge in [-0.15, -0.1) is 0 Å². The third kappa shape index (κ3) is 2.88. The van der Waals surface area contributed by atoms with Crippen LogP contribution in [0.1, 0.15) is 39.0 Å². The molecule has 4 heteroatoms. The van der Waals surface area contributed by atoms with Crippen molar-refractivity contribution in [3.05, 3.63) is 0 Å². The standard InChI is InChI=1S/C15H27N3O/c1-2-16-14(17-10-13-4-3-5-13)18-8-6-15(11-18)7-9-19-12-15/h13H,2-12H2,1H3,(H,16,17). The van der Waals surface area contributed by atoms with E-state index in [0.29, 0.717) is 5.41 Å². The molecule has 3 aliphatic rings. The molecule has 2 saturated heterocycles. The first-order valence-corrected chi connectivity index (χ1v) is 7.92. The Hall–Kier alpha value is -0.770. The Balaban J connectivity index is 1.59. The van der Waals surface area contributed by atoms with Gasteiger partial charge in [-0.2, -0.15) is 0 Å². The summed E-state index contributed by atoms with van der Waals surface area (Å²) in [6, 6.07) is 0. The fraction of sp³-hybridized carbons (Fsp3) is 0.933. The van der Waals surface area contributed by atoms with Gasteiger partial charge in [0, 0.05) is 38.2 Å². The van der Waals surface area contributed by atoms with E-state index in [1.165, 1.54) is 32.1 Å². The molecule has 1 unspecified atom stereocenters. The summed E-state index contributed by atoms with van der Waals surface area (Å²) in [5, 5.41) is 3.47. The first-order chi connectivity index (χ1) is 9.31. The molecule has 3 fully saturated rings. The number of hydrogen-bond acceptors (Lipinski definition) is 2. The van der Waals surface area contributed by atoms with Gasteiger partial charge in [0.2, 0.25) is 0 Å². The number of aliphatic imine (C=N–C) groups is 1. The summed E-state index contributed by atoms with van der Waals surface area (Å²) in [5.74, 6) is 1.98. The van der Waals surface area contributed by atoms with Crippen LogP contribution in [-0.4, -0.2) is 50.3 Å². The smallest absolute Gasteiger partial charge is 0.193 e. The first kappa shape index (κ1) is 13.2. The highest BCUT2D eigenvalue weighted by molar-refractivity contribution is 5.80. The van der Waals surface area contributed by atoms with Gasteiger partial charge in [0.05, 0.1) is 6.61 Å². The minimum absolute atomic E-state index is 0.423. The van der Waals surface area contributed by atoms with Gasteiger partial charge in [0.1, 0.15) is 0 Å². The zero-order valence-electron chi connectivity index (χ0n) is 12.2. The minimum atomic E-state index is 0.423. The molecular formula is C15H27N3O. The molecule has 4 nitrogen and oxygen atoms in total. The van der Waals surface area contributed by atoms with Crippen LogP contribution >= 0.6 is 0 Å². The molecule has 108 valence electrons. The minimum Gasteiger partial charge on any atom is -0.381 e. The lowest BCUT2D eigenvalue weighted by Crippen LogP contribution is -2.41. The lowest BCUT2D eigenvalue weighted by Gasteiger charge is -2.27. The molecule has 3 rings (SSSR count). The molecule has 2 heterocycles. The summed E-state index contributed by atoms with van der Waals surface area (Å²) in [5.41, 5.74) is 0.423.